The van der Waals surface area contributed by atoms with Gasteiger partial charge in [0.2, 0.25) is 0 Å². The topological polar surface area (TPSA) is 49.6 Å². The van der Waals surface area contributed by atoms with Crippen molar-refractivity contribution in [2.75, 3.05) is 31.1 Å². The third-order valence-corrected chi connectivity index (χ3v) is 6.52. The predicted molar refractivity (Wildman–Crippen MR) is 126 cm³/mol. The van der Waals surface area contributed by atoms with E-state index < -0.39 is 0 Å². The predicted octanol–water partition coefficient (Wildman–Crippen LogP) is 4.33. The molecule has 1 aliphatic heterocycles. The highest BCUT2D eigenvalue weighted by Gasteiger charge is 2.22. The molecule has 5 heterocycles. The number of rotatable bonds is 4. The molecular formula is C24H22N6S. The number of aromatic nitrogens is 4. The molecule has 31 heavy (non-hydrogen) atoms. The lowest BCUT2D eigenvalue weighted by Crippen LogP contribution is -2.46. The summed E-state index contributed by atoms with van der Waals surface area (Å²) in [6.07, 6.45) is 4.18. The maximum absolute atomic E-state index is 4.99. The lowest BCUT2D eigenvalue weighted by Gasteiger charge is -2.35. The number of nitrogens with zero attached hydrogens (tertiary/aromatic N) is 6. The van der Waals surface area contributed by atoms with Gasteiger partial charge >= 0.3 is 0 Å². The van der Waals surface area contributed by atoms with Crippen molar-refractivity contribution < 1.29 is 0 Å². The number of anilines is 1. The Morgan fingerprint density at radius 2 is 1.74 bits per heavy atom. The molecule has 0 atom stereocenters. The largest absolute Gasteiger partial charge is 0.353 e. The third-order valence-electron chi connectivity index (χ3n) is 5.83. The Kier molecular flexibility index (Phi) is 4.62. The monoisotopic (exact) mass is 426 g/mol. The number of benzene rings is 1. The van der Waals surface area contributed by atoms with Gasteiger partial charge in [0, 0.05) is 61.4 Å². The van der Waals surface area contributed by atoms with Crippen molar-refractivity contribution in [3.05, 3.63) is 77.4 Å². The van der Waals surface area contributed by atoms with Crippen molar-refractivity contribution in [3.63, 3.8) is 0 Å². The molecule has 1 saturated heterocycles. The minimum atomic E-state index is 0.807. The van der Waals surface area contributed by atoms with Crippen LogP contribution in [0.3, 0.4) is 0 Å². The molecular weight excluding hydrogens is 404 g/mol. The SMILES string of the molecule is c1ccc2c(N3CCN(Cc4cn5ccccc5n4)CC3)nc(-c3ccsc3)nc2c1. The van der Waals surface area contributed by atoms with Gasteiger partial charge in [0.15, 0.2) is 5.82 Å². The lowest BCUT2D eigenvalue weighted by atomic mass is 10.2. The van der Waals surface area contributed by atoms with Gasteiger partial charge < -0.3 is 9.30 Å². The summed E-state index contributed by atoms with van der Waals surface area (Å²) in [6.45, 7) is 4.73. The number of hydrogen-bond donors (Lipinski definition) is 0. The normalized spacial score (nSPS) is 15.2. The Hall–Kier alpha value is -3.29. The van der Waals surface area contributed by atoms with E-state index >= 15 is 0 Å². The first-order valence-corrected chi connectivity index (χ1v) is 11.5. The second-order valence-corrected chi connectivity index (χ2v) is 8.64. The molecule has 0 saturated carbocycles. The van der Waals surface area contributed by atoms with Gasteiger partial charge in [-0.15, -0.1) is 0 Å². The van der Waals surface area contributed by atoms with Crippen LogP contribution in [0.1, 0.15) is 5.69 Å². The van der Waals surface area contributed by atoms with E-state index in [1.807, 2.05) is 24.3 Å². The van der Waals surface area contributed by atoms with Crippen molar-refractivity contribution in [2.45, 2.75) is 6.54 Å². The van der Waals surface area contributed by atoms with Gasteiger partial charge in [0.25, 0.3) is 0 Å². The summed E-state index contributed by atoms with van der Waals surface area (Å²) in [4.78, 5) is 19.4. The van der Waals surface area contributed by atoms with Crippen molar-refractivity contribution in [1.29, 1.82) is 0 Å². The highest BCUT2D eigenvalue weighted by molar-refractivity contribution is 7.08. The molecule has 154 valence electrons. The van der Waals surface area contributed by atoms with Crippen LogP contribution in [-0.4, -0.2) is 50.4 Å². The molecule has 0 radical (unpaired) electrons. The van der Waals surface area contributed by atoms with Crippen molar-refractivity contribution in [1.82, 2.24) is 24.3 Å². The zero-order chi connectivity index (χ0) is 20.6. The summed E-state index contributed by atoms with van der Waals surface area (Å²) in [7, 11) is 0. The van der Waals surface area contributed by atoms with Gasteiger partial charge in [0.05, 0.1) is 11.2 Å². The number of imidazole rings is 1. The fourth-order valence-electron chi connectivity index (χ4n) is 4.23. The fourth-order valence-corrected chi connectivity index (χ4v) is 4.87. The molecule has 5 aromatic rings. The first-order valence-electron chi connectivity index (χ1n) is 10.5. The van der Waals surface area contributed by atoms with Crippen LogP contribution in [0, 0.1) is 0 Å². The van der Waals surface area contributed by atoms with E-state index in [9.17, 15) is 0 Å². The van der Waals surface area contributed by atoms with E-state index in [4.69, 9.17) is 15.0 Å². The number of thiophene rings is 1. The van der Waals surface area contributed by atoms with E-state index in [0.717, 1.165) is 72.2 Å². The average molecular weight is 427 g/mol. The van der Waals surface area contributed by atoms with Gasteiger partial charge in [-0.1, -0.05) is 18.2 Å². The summed E-state index contributed by atoms with van der Waals surface area (Å²) in [5.74, 6) is 1.85. The maximum Gasteiger partial charge on any atom is 0.162 e. The van der Waals surface area contributed by atoms with E-state index in [1.54, 1.807) is 11.3 Å². The Morgan fingerprint density at radius 1 is 0.871 bits per heavy atom. The summed E-state index contributed by atoms with van der Waals surface area (Å²) in [5.41, 5.74) is 4.21. The van der Waals surface area contributed by atoms with Gasteiger partial charge in [0.1, 0.15) is 11.5 Å². The maximum atomic E-state index is 4.99. The molecule has 0 spiro atoms. The quantitative estimate of drug-likeness (QED) is 0.428. The van der Waals surface area contributed by atoms with Crippen molar-refractivity contribution >= 4 is 33.7 Å². The van der Waals surface area contributed by atoms with E-state index in [1.165, 1.54) is 0 Å². The minimum Gasteiger partial charge on any atom is -0.353 e. The van der Waals surface area contributed by atoms with Gasteiger partial charge in [-0.05, 0) is 35.7 Å². The molecule has 0 amide bonds. The first kappa shape index (κ1) is 18.5. The number of hydrogen-bond acceptors (Lipinski definition) is 6. The van der Waals surface area contributed by atoms with Crippen LogP contribution in [0.5, 0.6) is 0 Å². The summed E-state index contributed by atoms with van der Waals surface area (Å²) >= 11 is 1.68. The number of pyridine rings is 1. The molecule has 6 rings (SSSR count). The van der Waals surface area contributed by atoms with Crippen LogP contribution in [0.15, 0.2) is 71.7 Å². The van der Waals surface area contributed by atoms with E-state index in [2.05, 4.69) is 61.6 Å². The van der Waals surface area contributed by atoms with Crippen LogP contribution in [0.2, 0.25) is 0 Å². The number of piperazine rings is 1. The van der Waals surface area contributed by atoms with Crippen LogP contribution in [0.4, 0.5) is 5.82 Å². The van der Waals surface area contributed by atoms with Crippen LogP contribution >= 0.6 is 11.3 Å². The Bertz CT molecular complexity index is 1300. The third kappa shape index (κ3) is 3.56. The van der Waals surface area contributed by atoms with E-state index in [0.29, 0.717) is 0 Å². The Labute approximate surface area is 184 Å². The molecule has 4 aromatic heterocycles. The fraction of sp³-hybridized carbons (Fsp3) is 0.208. The lowest BCUT2D eigenvalue weighted by molar-refractivity contribution is 0.247. The number of fused-ring (bicyclic) bond motifs is 2. The van der Waals surface area contributed by atoms with E-state index in [-0.39, 0.29) is 0 Å². The average Bonchev–Trinajstić information content (AvgIpc) is 3.49. The van der Waals surface area contributed by atoms with Crippen LogP contribution in [0.25, 0.3) is 27.9 Å². The highest BCUT2D eigenvalue weighted by Crippen LogP contribution is 2.29. The molecule has 1 fully saturated rings. The van der Waals surface area contributed by atoms with Crippen molar-refractivity contribution in [3.8, 4) is 11.4 Å². The summed E-state index contributed by atoms with van der Waals surface area (Å²) in [5, 5.41) is 5.31. The van der Waals surface area contributed by atoms with Gasteiger partial charge in [-0.25, -0.2) is 15.0 Å². The molecule has 0 N–H and O–H groups in total. The molecule has 0 bridgehead atoms. The summed E-state index contributed by atoms with van der Waals surface area (Å²) in [6, 6.07) is 16.5. The molecule has 7 heteroatoms. The molecule has 0 aliphatic carbocycles. The number of para-hydroxylation sites is 1. The zero-order valence-electron chi connectivity index (χ0n) is 17.1. The second kappa shape index (κ2) is 7.76. The molecule has 1 aliphatic rings. The highest BCUT2D eigenvalue weighted by atomic mass is 32.1. The Morgan fingerprint density at radius 3 is 2.58 bits per heavy atom. The molecule has 6 nitrogen and oxygen atoms in total. The van der Waals surface area contributed by atoms with Gasteiger partial charge in [-0.2, -0.15) is 11.3 Å². The molecule has 1 aromatic carbocycles. The minimum absolute atomic E-state index is 0.807. The van der Waals surface area contributed by atoms with Crippen LogP contribution in [-0.2, 0) is 6.54 Å². The zero-order valence-corrected chi connectivity index (χ0v) is 17.9. The summed E-state index contributed by atoms with van der Waals surface area (Å²) < 4.78 is 2.09. The van der Waals surface area contributed by atoms with Crippen molar-refractivity contribution in [2.24, 2.45) is 0 Å². The standard InChI is InChI=1S/C24H22N6S/c1-2-6-21-20(5-1)24(27-23(26-21)18-8-14-31-17-18)29-12-10-28(11-13-29)15-19-16-30-9-4-3-7-22(30)25-19/h1-9,14,16-17H,10-13,15H2. The second-order valence-electron chi connectivity index (χ2n) is 7.86. The Balaban J connectivity index is 1.24. The van der Waals surface area contributed by atoms with Crippen LogP contribution < -0.4 is 4.90 Å². The van der Waals surface area contributed by atoms with Gasteiger partial charge in [-0.3, -0.25) is 4.90 Å². The first-order chi connectivity index (χ1) is 15.3. The molecule has 0 unspecified atom stereocenters. The smallest absolute Gasteiger partial charge is 0.162 e.